The first-order valence-electron chi connectivity index (χ1n) is 4.73. The van der Waals surface area contributed by atoms with Crippen LogP contribution in [-0.2, 0) is 12.8 Å². The van der Waals surface area contributed by atoms with Crippen molar-refractivity contribution in [2.75, 3.05) is 10.7 Å². The highest BCUT2D eigenvalue weighted by Gasteiger charge is 2.15. The number of hydrogen-bond acceptors (Lipinski definition) is 0. The summed E-state index contributed by atoms with van der Waals surface area (Å²) in [7, 11) is 0. The van der Waals surface area contributed by atoms with Crippen LogP contribution in [0.1, 0.15) is 11.1 Å². The fourth-order valence-corrected chi connectivity index (χ4v) is 3.09. The fraction of sp³-hybridized carbons (Fsp3) is 0.333. The van der Waals surface area contributed by atoms with Gasteiger partial charge >= 0.3 is 0 Å². The van der Waals surface area contributed by atoms with E-state index in [4.69, 9.17) is 0 Å². The number of alkyl halides is 2. The molecule has 0 saturated heterocycles. The summed E-state index contributed by atoms with van der Waals surface area (Å²) in [6.45, 7) is 0. The Morgan fingerprint density at radius 1 is 0.857 bits per heavy atom. The lowest BCUT2D eigenvalue weighted by Crippen LogP contribution is -2.10. The molecular weight excluding hydrogens is 304 g/mol. The van der Waals surface area contributed by atoms with Crippen LogP contribution in [0.5, 0.6) is 0 Å². The second kappa shape index (κ2) is 4.63. The predicted molar refractivity (Wildman–Crippen MR) is 68.5 cm³/mol. The van der Waals surface area contributed by atoms with Crippen LogP contribution >= 0.6 is 31.9 Å². The van der Waals surface area contributed by atoms with Gasteiger partial charge in [-0.25, -0.2) is 0 Å². The minimum Gasteiger partial charge on any atom is -0.0880 e. The maximum absolute atomic E-state index is 3.57. The SMILES string of the molecule is BrCC1=C(CBr)Cc2ccccc2C1. The summed E-state index contributed by atoms with van der Waals surface area (Å²) in [5.74, 6) is 0. The van der Waals surface area contributed by atoms with Crippen molar-refractivity contribution < 1.29 is 0 Å². The van der Waals surface area contributed by atoms with E-state index in [0.717, 1.165) is 23.5 Å². The summed E-state index contributed by atoms with van der Waals surface area (Å²) < 4.78 is 0. The maximum Gasteiger partial charge on any atom is 0.0248 e. The van der Waals surface area contributed by atoms with Gasteiger partial charge in [-0.1, -0.05) is 67.3 Å². The summed E-state index contributed by atoms with van der Waals surface area (Å²) in [4.78, 5) is 0. The quantitative estimate of drug-likeness (QED) is 0.574. The monoisotopic (exact) mass is 314 g/mol. The lowest BCUT2D eigenvalue weighted by atomic mass is 9.87. The van der Waals surface area contributed by atoms with Crippen molar-refractivity contribution in [3.05, 3.63) is 46.5 Å². The van der Waals surface area contributed by atoms with Gasteiger partial charge in [-0.2, -0.15) is 0 Å². The van der Waals surface area contributed by atoms with Crippen molar-refractivity contribution in [3.63, 3.8) is 0 Å². The Bertz CT molecular complexity index is 331. The zero-order valence-corrected chi connectivity index (χ0v) is 11.1. The van der Waals surface area contributed by atoms with Gasteiger partial charge in [0.15, 0.2) is 0 Å². The second-order valence-electron chi connectivity index (χ2n) is 3.60. The molecule has 0 saturated carbocycles. The molecule has 0 aliphatic heterocycles. The molecule has 0 nitrogen and oxygen atoms in total. The molecule has 0 unspecified atom stereocenters. The van der Waals surface area contributed by atoms with Crippen LogP contribution in [-0.4, -0.2) is 10.7 Å². The second-order valence-corrected chi connectivity index (χ2v) is 4.72. The van der Waals surface area contributed by atoms with Gasteiger partial charge in [-0.3, -0.25) is 0 Å². The number of rotatable bonds is 2. The average molecular weight is 316 g/mol. The van der Waals surface area contributed by atoms with Crippen LogP contribution in [0, 0.1) is 0 Å². The molecule has 0 radical (unpaired) electrons. The van der Waals surface area contributed by atoms with Gasteiger partial charge in [0.25, 0.3) is 0 Å². The molecule has 2 heteroatoms. The van der Waals surface area contributed by atoms with E-state index in [2.05, 4.69) is 56.1 Å². The Morgan fingerprint density at radius 3 is 1.64 bits per heavy atom. The minimum atomic E-state index is 1.00. The van der Waals surface area contributed by atoms with Gasteiger partial charge in [0, 0.05) is 10.7 Å². The molecule has 1 aromatic carbocycles. The molecule has 1 aromatic rings. The Hall–Kier alpha value is -0.0800. The van der Waals surface area contributed by atoms with E-state index < -0.39 is 0 Å². The highest BCUT2D eigenvalue weighted by molar-refractivity contribution is 9.09. The number of halogens is 2. The van der Waals surface area contributed by atoms with Gasteiger partial charge in [-0.15, -0.1) is 0 Å². The molecular formula is C12H12Br2. The molecule has 0 amide bonds. The summed E-state index contributed by atoms with van der Waals surface area (Å²) >= 11 is 7.13. The molecule has 2 rings (SSSR count). The third-order valence-corrected chi connectivity index (χ3v) is 4.10. The first-order valence-corrected chi connectivity index (χ1v) is 6.98. The van der Waals surface area contributed by atoms with E-state index in [9.17, 15) is 0 Å². The van der Waals surface area contributed by atoms with Crippen LogP contribution in [0.3, 0.4) is 0 Å². The first-order chi connectivity index (χ1) is 6.85. The van der Waals surface area contributed by atoms with Gasteiger partial charge in [0.2, 0.25) is 0 Å². The molecule has 1 aliphatic carbocycles. The Morgan fingerprint density at radius 2 is 1.29 bits per heavy atom. The average Bonchev–Trinajstić information content (AvgIpc) is 2.27. The molecule has 0 atom stereocenters. The Kier molecular flexibility index (Phi) is 3.45. The van der Waals surface area contributed by atoms with Crippen molar-refractivity contribution in [2.24, 2.45) is 0 Å². The molecule has 74 valence electrons. The van der Waals surface area contributed by atoms with Crippen molar-refractivity contribution in [1.82, 2.24) is 0 Å². The zero-order valence-electron chi connectivity index (χ0n) is 7.89. The van der Waals surface area contributed by atoms with E-state index in [1.165, 1.54) is 11.1 Å². The first kappa shape index (κ1) is 10.4. The van der Waals surface area contributed by atoms with Crippen LogP contribution < -0.4 is 0 Å². The summed E-state index contributed by atoms with van der Waals surface area (Å²) in [6.07, 6.45) is 2.23. The third kappa shape index (κ3) is 1.96. The number of fused-ring (bicyclic) bond motifs is 1. The van der Waals surface area contributed by atoms with E-state index in [0.29, 0.717) is 0 Å². The predicted octanol–water partition coefficient (Wildman–Crippen LogP) is 3.87. The van der Waals surface area contributed by atoms with Crippen molar-refractivity contribution >= 4 is 31.9 Å². The number of hydrogen-bond donors (Lipinski definition) is 0. The molecule has 0 fully saturated rings. The largest absolute Gasteiger partial charge is 0.0880 e. The molecule has 14 heavy (non-hydrogen) atoms. The summed E-state index contributed by atoms with van der Waals surface area (Å²) in [5, 5.41) is 2.00. The highest BCUT2D eigenvalue weighted by atomic mass is 79.9. The van der Waals surface area contributed by atoms with Crippen molar-refractivity contribution in [2.45, 2.75) is 12.8 Å². The van der Waals surface area contributed by atoms with Crippen LogP contribution in [0.4, 0.5) is 0 Å². The molecule has 0 heterocycles. The van der Waals surface area contributed by atoms with Gasteiger partial charge in [-0.05, 0) is 24.0 Å². The minimum absolute atomic E-state index is 1.00. The van der Waals surface area contributed by atoms with Crippen LogP contribution in [0.15, 0.2) is 35.4 Å². The van der Waals surface area contributed by atoms with Gasteiger partial charge in [0.05, 0.1) is 0 Å². The number of allylic oxidation sites excluding steroid dienone is 2. The normalized spacial score (nSPS) is 15.6. The van der Waals surface area contributed by atoms with Crippen LogP contribution in [0.25, 0.3) is 0 Å². The molecule has 1 aliphatic rings. The van der Waals surface area contributed by atoms with Gasteiger partial charge < -0.3 is 0 Å². The van der Waals surface area contributed by atoms with Crippen molar-refractivity contribution in [3.8, 4) is 0 Å². The van der Waals surface area contributed by atoms with E-state index in [1.807, 2.05) is 0 Å². The zero-order chi connectivity index (χ0) is 9.97. The van der Waals surface area contributed by atoms with E-state index in [1.54, 1.807) is 11.1 Å². The third-order valence-electron chi connectivity index (χ3n) is 2.75. The number of benzene rings is 1. The van der Waals surface area contributed by atoms with Crippen LogP contribution in [0.2, 0.25) is 0 Å². The van der Waals surface area contributed by atoms with Gasteiger partial charge in [0.1, 0.15) is 0 Å². The highest BCUT2D eigenvalue weighted by Crippen LogP contribution is 2.27. The standard InChI is InChI=1S/C12H12Br2/c13-7-11-5-9-3-1-2-4-10(9)6-12(11)8-14/h1-4H,5-8H2. The lowest BCUT2D eigenvalue weighted by Gasteiger charge is -2.20. The van der Waals surface area contributed by atoms with Crippen molar-refractivity contribution in [1.29, 1.82) is 0 Å². The Balaban J connectivity index is 2.35. The molecule has 0 bridgehead atoms. The van der Waals surface area contributed by atoms with E-state index in [-0.39, 0.29) is 0 Å². The molecule has 0 aromatic heterocycles. The summed E-state index contributed by atoms with van der Waals surface area (Å²) in [6, 6.07) is 8.74. The molecule has 0 spiro atoms. The topological polar surface area (TPSA) is 0 Å². The smallest absolute Gasteiger partial charge is 0.0248 e. The summed E-state index contributed by atoms with van der Waals surface area (Å²) in [5.41, 5.74) is 6.07. The van der Waals surface area contributed by atoms with E-state index >= 15 is 0 Å². The fourth-order valence-electron chi connectivity index (χ4n) is 1.90. The maximum atomic E-state index is 3.57. The molecule has 0 N–H and O–H groups in total. The Labute approximate surface area is 102 Å². The lowest BCUT2D eigenvalue weighted by molar-refractivity contribution is 0.964.